The predicted molar refractivity (Wildman–Crippen MR) is 73.6 cm³/mol. The molecule has 0 amide bonds. The fraction of sp³-hybridized carbons (Fsp3) is 0.267. The maximum absolute atomic E-state index is 11.7. The van der Waals surface area contributed by atoms with Gasteiger partial charge in [0.15, 0.2) is 5.78 Å². The summed E-state index contributed by atoms with van der Waals surface area (Å²) in [6.45, 7) is 1.95. The number of alkyl halides is 1. The highest BCUT2D eigenvalue weighted by molar-refractivity contribution is 6.21. The van der Waals surface area contributed by atoms with Crippen molar-refractivity contribution < 1.29 is 4.79 Å². The smallest absolute Gasteiger partial charge is 0.185 e. The lowest BCUT2D eigenvalue weighted by Gasteiger charge is -1.99. The molecule has 0 aliphatic rings. The minimum atomic E-state index is 0.0442. The molecule has 90 valence electrons. The summed E-state index contributed by atoms with van der Waals surface area (Å²) in [6.07, 6.45) is 9.06. The third kappa shape index (κ3) is 5.50. The number of hydrogen-bond donors (Lipinski definition) is 0. The van der Waals surface area contributed by atoms with Crippen LogP contribution in [0.1, 0.15) is 30.1 Å². The van der Waals surface area contributed by atoms with Crippen LogP contribution in [0.25, 0.3) is 0 Å². The number of rotatable bonds is 6. The van der Waals surface area contributed by atoms with Gasteiger partial charge in [0.25, 0.3) is 0 Å². The number of ketones is 1. The van der Waals surface area contributed by atoms with Gasteiger partial charge in [0.05, 0.1) is 5.38 Å². The summed E-state index contributed by atoms with van der Waals surface area (Å²) in [5.74, 6) is 0.0442. The standard InChI is InChI=1S/C15H17ClO/c1-2-8-14(16)11-6-7-12-15(17)13-9-4-3-5-10-13/h2-5,7-10,12,14H,6,11H2,1H3/b8-2+,12-7+. The van der Waals surface area contributed by atoms with Gasteiger partial charge in [0, 0.05) is 5.56 Å². The third-order valence-electron chi connectivity index (χ3n) is 2.34. The van der Waals surface area contributed by atoms with Gasteiger partial charge < -0.3 is 0 Å². The Bertz CT molecular complexity index is 393. The molecule has 0 fully saturated rings. The highest BCUT2D eigenvalue weighted by atomic mass is 35.5. The van der Waals surface area contributed by atoms with Crippen molar-refractivity contribution in [1.29, 1.82) is 0 Å². The monoisotopic (exact) mass is 248 g/mol. The van der Waals surface area contributed by atoms with E-state index in [4.69, 9.17) is 11.6 Å². The second-order valence-corrected chi connectivity index (χ2v) is 4.31. The number of benzene rings is 1. The van der Waals surface area contributed by atoms with Crippen molar-refractivity contribution in [3.63, 3.8) is 0 Å². The number of carbonyl (C=O) groups is 1. The maximum Gasteiger partial charge on any atom is 0.185 e. The van der Waals surface area contributed by atoms with Crippen molar-refractivity contribution >= 4 is 17.4 Å². The summed E-state index contributed by atoms with van der Waals surface area (Å²) in [5.41, 5.74) is 0.722. The Morgan fingerprint density at radius 3 is 2.71 bits per heavy atom. The third-order valence-corrected chi connectivity index (χ3v) is 2.70. The molecular formula is C15H17ClO. The van der Waals surface area contributed by atoms with Crippen LogP contribution in [-0.2, 0) is 0 Å². The Balaban J connectivity index is 2.37. The molecule has 0 aromatic heterocycles. The van der Waals surface area contributed by atoms with E-state index in [0.29, 0.717) is 0 Å². The molecule has 1 atom stereocenters. The summed E-state index contributed by atoms with van der Waals surface area (Å²) in [5, 5.41) is 0.0523. The summed E-state index contributed by atoms with van der Waals surface area (Å²) < 4.78 is 0. The summed E-state index contributed by atoms with van der Waals surface area (Å²) in [7, 11) is 0. The van der Waals surface area contributed by atoms with E-state index < -0.39 is 0 Å². The lowest BCUT2D eigenvalue weighted by molar-refractivity contribution is 0.104. The molecule has 1 unspecified atom stereocenters. The van der Waals surface area contributed by atoms with E-state index in [0.717, 1.165) is 18.4 Å². The van der Waals surface area contributed by atoms with E-state index in [1.54, 1.807) is 6.08 Å². The van der Waals surface area contributed by atoms with Crippen LogP contribution in [0.15, 0.2) is 54.6 Å². The Labute approximate surface area is 108 Å². The molecular weight excluding hydrogens is 232 g/mol. The van der Waals surface area contributed by atoms with Gasteiger partial charge >= 0.3 is 0 Å². The van der Waals surface area contributed by atoms with Gasteiger partial charge in [-0.3, -0.25) is 4.79 Å². The molecule has 0 saturated carbocycles. The highest BCUT2D eigenvalue weighted by Crippen LogP contribution is 2.08. The van der Waals surface area contributed by atoms with Crippen molar-refractivity contribution in [2.45, 2.75) is 25.1 Å². The lowest BCUT2D eigenvalue weighted by atomic mass is 10.1. The van der Waals surface area contributed by atoms with Crippen LogP contribution in [0.4, 0.5) is 0 Å². The Hall–Kier alpha value is -1.34. The Morgan fingerprint density at radius 1 is 1.35 bits per heavy atom. The van der Waals surface area contributed by atoms with Gasteiger partial charge in [-0.15, -0.1) is 11.6 Å². The van der Waals surface area contributed by atoms with Crippen LogP contribution in [0.2, 0.25) is 0 Å². The first-order valence-electron chi connectivity index (χ1n) is 5.77. The zero-order chi connectivity index (χ0) is 12.5. The van der Waals surface area contributed by atoms with Gasteiger partial charge in [0.2, 0.25) is 0 Å². The molecule has 17 heavy (non-hydrogen) atoms. The minimum Gasteiger partial charge on any atom is -0.289 e. The second kappa shape index (κ2) is 7.86. The van der Waals surface area contributed by atoms with Gasteiger partial charge in [-0.1, -0.05) is 48.6 Å². The first-order valence-corrected chi connectivity index (χ1v) is 6.20. The largest absolute Gasteiger partial charge is 0.289 e. The predicted octanol–water partition coefficient (Wildman–Crippen LogP) is 4.39. The van der Waals surface area contributed by atoms with E-state index in [1.807, 2.05) is 55.5 Å². The number of allylic oxidation sites excluding steroid dienone is 4. The molecule has 0 aliphatic carbocycles. The van der Waals surface area contributed by atoms with Crippen LogP contribution in [0.3, 0.4) is 0 Å². The van der Waals surface area contributed by atoms with Crippen molar-refractivity contribution in [2.24, 2.45) is 0 Å². The van der Waals surface area contributed by atoms with Crippen molar-refractivity contribution in [3.8, 4) is 0 Å². The first kappa shape index (κ1) is 13.7. The van der Waals surface area contributed by atoms with Crippen LogP contribution >= 0.6 is 11.6 Å². The molecule has 0 aliphatic heterocycles. The molecule has 1 nitrogen and oxygen atoms in total. The first-order chi connectivity index (χ1) is 8.24. The van der Waals surface area contributed by atoms with Crippen molar-refractivity contribution in [3.05, 3.63) is 60.2 Å². The molecule has 1 aromatic carbocycles. The Kier molecular flexibility index (Phi) is 6.34. The fourth-order valence-electron chi connectivity index (χ4n) is 1.45. The van der Waals surface area contributed by atoms with E-state index in [2.05, 4.69) is 0 Å². The molecule has 0 bridgehead atoms. The number of halogens is 1. The number of carbonyl (C=O) groups excluding carboxylic acids is 1. The maximum atomic E-state index is 11.7. The van der Waals surface area contributed by atoms with Gasteiger partial charge in [-0.25, -0.2) is 0 Å². The van der Waals surface area contributed by atoms with E-state index in [9.17, 15) is 4.79 Å². The molecule has 2 heteroatoms. The van der Waals surface area contributed by atoms with Crippen molar-refractivity contribution in [1.82, 2.24) is 0 Å². The van der Waals surface area contributed by atoms with Crippen LogP contribution in [0, 0.1) is 0 Å². The van der Waals surface area contributed by atoms with E-state index in [-0.39, 0.29) is 11.2 Å². The molecule has 1 aromatic rings. The molecule has 0 N–H and O–H groups in total. The van der Waals surface area contributed by atoms with Gasteiger partial charge in [-0.2, -0.15) is 0 Å². The zero-order valence-corrected chi connectivity index (χ0v) is 10.7. The fourth-order valence-corrected chi connectivity index (χ4v) is 1.72. The second-order valence-electron chi connectivity index (χ2n) is 3.75. The molecule has 1 rings (SSSR count). The molecule has 0 saturated heterocycles. The number of hydrogen-bond acceptors (Lipinski definition) is 1. The normalized spacial score (nSPS) is 13.3. The highest BCUT2D eigenvalue weighted by Gasteiger charge is 2.00. The van der Waals surface area contributed by atoms with E-state index >= 15 is 0 Å². The summed E-state index contributed by atoms with van der Waals surface area (Å²) in [4.78, 5) is 11.7. The summed E-state index contributed by atoms with van der Waals surface area (Å²) in [6, 6.07) is 9.26. The summed E-state index contributed by atoms with van der Waals surface area (Å²) >= 11 is 6.01. The van der Waals surface area contributed by atoms with Crippen molar-refractivity contribution in [2.75, 3.05) is 0 Å². The van der Waals surface area contributed by atoms with Gasteiger partial charge in [0.1, 0.15) is 0 Å². The topological polar surface area (TPSA) is 17.1 Å². The van der Waals surface area contributed by atoms with Crippen LogP contribution in [-0.4, -0.2) is 11.2 Å². The van der Waals surface area contributed by atoms with Crippen LogP contribution < -0.4 is 0 Å². The lowest BCUT2D eigenvalue weighted by Crippen LogP contribution is -1.94. The zero-order valence-electron chi connectivity index (χ0n) is 9.97. The molecule has 0 radical (unpaired) electrons. The minimum absolute atomic E-state index is 0.0442. The average Bonchev–Trinajstić information content (AvgIpc) is 2.36. The molecule has 0 heterocycles. The Morgan fingerprint density at radius 2 is 2.06 bits per heavy atom. The van der Waals surface area contributed by atoms with Crippen LogP contribution in [0.5, 0.6) is 0 Å². The van der Waals surface area contributed by atoms with Gasteiger partial charge in [-0.05, 0) is 25.8 Å². The average molecular weight is 249 g/mol. The van der Waals surface area contributed by atoms with E-state index in [1.165, 1.54) is 0 Å². The quantitative estimate of drug-likeness (QED) is 0.316. The molecule has 0 spiro atoms. The SMILES string of the molecule is C/C=C/C(Cl)CC/C=C/C(=O)c1ccccc1.